The van der Waals surface area contributed by atoms with Crippen LogP contribution in [0.4, 0.5) is 4.39 Å². The summed E-state index contributed by atoms with van der Waals surface area (Å²) in [5.41, 5.74) is 1.42. The molecule has 4 heteroatoms. The largest absolute Gasteiger partial charge is 0.453 e. The molecule has 0 saturated heterocycles. The van der Waals surface area contributed by atoms with Crippen LogP contribution < -0.4 is 4.74 Å². The van der Waals surface area contributed by atoms with E-state index < -0.39 is 5.82 Å². The van der Waals surface area contributed by atoms with E-state index in [1.807, 2.05) is 6.92 Å². The molecule has 96 valence electrons. The second-order valence-corrected chi connectivity index (χ2v) is 4.39. The summed E-state index contributed by atoms with van der Waals surface area (Å²) in [6.07, 6.45) is 0.761. The van der Waals surface area contributed by atoms with Gasteiger partial charge >= 0.3 is 0 Å². The summed E-state index contributed by atoms with van der Waals surface area (Å²) in [4.78, 5) is 0. The molecule has 2 aromatic carbocycles. The third kappa shape index (κ3) is 3.04. The predicted octanol–water partition coefficient (Wildman–Crippen LogP) is 4.71. The summed E-state index contributed by atoms with van der Waals surface area (Å²) < 4.78 is 19.1. The molecule has 0 unspecified atom stereocenters. The Labute approximate surface area is 116 Å². The van der Waals surface area contributed by atoms with E-state index in [2.05, 4.69) is 6.07 Å². The number of hydrogen-bond donors (Lipinski definition) is 0. The number of benzene rings is 2. The van der Waals surface area contributed by atoms with Crippen LogP contribution in [0.1, 0.15) is 18.1 Å². The van der Waals surface area contributed by atoms with E-state index in [0.717, 1.165) is 12.0 Å². The minimum absolute atomic E-state index is 0.0266. The maximum absolute atomic E-state index is 13.6. The fraction of sp³-hybridized carbons (Fsp3) is 0.133. The molecule has 0 saturated carbocycles. The highest BCUT2D eigenvalue weighted by molar-refractivity contribution is 6.32. The van der Waals surface area contributed by atoms with Gasteiger partial charge < -0.3 is 4.74 Å². The van der Waals surface area contributed by atoms with Gasteiger partial charge in [-0.15, -0.1) is 0 Å². The average Bonchev–Trinajstić information content (AvgIpc) is 2.42. The van der Waals surface area contributed by atoms with Gasteiger partial charge in [0.2, 0.25) is 0 Å². The van der Waals surface area contributed by atoms with Gasteiger partial charge in [-0.3, -0.25) is 0 Å². The lowest BCUT2D eigenvalue weighted by molar-refractivity contribution is 0.442. The molecule has 0 atom stereocenters. The monoisotopic (exact) mass is 275 g/mol. The standard InChI is InChI=1S/C15H11ClFNO/c1-2-10-6-11(9-18)8-12(7-10)19-15-13(16)4-3-5-14(15)17/h3-8H,2H2,1H3. The molecular formula is C15H11ClFNO. The van der Waals surface area contributed by atoms with Crippen LogP contribution in [0.3, 0.4) is 0 Å². The Bertz CT molecular complexity index is 629. The summed E-state index contributed by atoms with van der Waals surface area (Å²) in [5.74, 6) is -0.155. The van der Waals surface area contributed by atoms with Gasteiger partial charge in [-0.05, 0) is 42.3 Å². The molecule has 0 aromatic heterocycles. The van der Waals surface area contributed by atoms with Gasteiger partial charge in [0.15, 0.2) is 11.6 Å². The van der Waals surface area contributed by atoms with E-state index in [4.69, 9.17) is 21.6 Å². The van der Waals surface area contributed by atoms with Crippen molar-refractivity contribution in [3.8, 4) is 17.6 Å². The molecule has 0 amide bonds. The molecular weight excluding hydrogens is 265 g/mol. The lowest BCUT2D eigenvalue weighted by atomic mass is 10.1. The molecule has 0 aliphatic rings. The summed E-state index contributed by atoms with van der Waals surface area (Å²) in [6, 6.07) is 11.5. The minimum Gasteiger partial charge on any atom is -0.453 e. The molecule has 0 heterocycles. The van der Waals surface area contributed by atoms with Crippen LogP contribution in [-0.2, 0) is 6.42 Å². The Balaban J connectivity index is 2.41. The Morgan fingerprint density at radius 1 is 1.32 bits per heavy atom. The van der Waals surface area contributed by atoms with Crippen molar-refractivity contribution in [3.05, 3.63) is 58.4 Å². The molecule has 0 aliphatic carbocycles. The molecule has 0 bridgehead atoms. The van der Waals surface area contributed by atoms with E-state index in [-0.39, 0.29) is 10.8 Å². The highest BCUT2D eigenvalue weighted by Gasteiger charge is 2.10. The zero-order chi connectivity index (χ0) is 13.8. The van der Waals surface area contributed by atoms with Crippen LogP contribution in [0.15, 0.2) is 36.4 Å². The first-order chi connectivity index (χ1) is 9.13. The summed E-state index contributed by atoms with van der Waals surface area (Å²) in [7, 11) is 0. The van der Waals surface area contributed by atoms with E-state index in [0.29, 0.717) is 11.3 Å². The van der Waals surface area contributed by atoms with E-state index in [9.17, 15) is 4.39 Å². The zero-order valence-electron chi connectivity index (χ0n) is 10.3. The zero-order valence-corrected chi connectivity index (χ0v) is 11.0. The molecule has 19 heavy (non-hydrogen) atoms. The molecule has 0 aliphatic heterocycles. The average molecular weight is 276 g/mol. The lowest BCUT2D eigenvalue weighted by Gasteiger charge is -2.10. The third-order valence-corrected chi connectivity index (χ3v) is 2.94. The Kier molecular flexibility index (Phi) is 4.03. The van der Waals surface area contributed by atoms with Crippen LogP contribution >= 0.6 is 11.6 Å². The van der Waals surface area contributed by atoms with Crippen molar-refractivity contribution in [1.82, 2.24) is 0 Å². The van der Waals surface area contributed by atoms with Gasteiger partial charge in [0.1, 0.15) is 5.75 Å². The van der Waals surface area contributed by atoms with Gasteiger partial charge in [0.25, 0.3) is 0 Å². The molecule has 2 rings (SSSR count). The number of nitrogens with zero attached hydrogens (tertiary/aromatic N) is 1. The van der Waals surface area contributed by atoms with E-state index >= 15 is 0 Å². The molecule has 0 N–H and O–H groups in total. The topological polar surface area (TPSA) is 33.0 Å². The van der Waals surface area contributed by atoms with Gasteiger partial charge in [-0.2, -0.15) is 5.26 Å². The number of hydrogen-bond acceptors (Lipinski definition) is 2. The Hall–Kier alpha value is -2.05. The highest BCUT2D eigenvalue weighted by atomic mass is 35.5. The summed E-state index contributed by atoms with van der Waals surface area (Å²) in [5, 5.41) is 9.15. The number of nitriles is 1. The van der Waals surface area contributed by atoms with Crippen molar-refractivity contribution in [3.63, 3.8) is 0 Å². The number of aryl methyl sites for hydroxylation is 1. The normalized spacial score (nSPS) is 10.0. The van der Waals surface area contributed by atoms with Crippen LogP contribution in [0.5, 0.6) is 11.5 Å². The van der Waals surface area contributed by atoms with Crippen LogP contribution in [-0.4, -0.2) is 0 Å². The first-order valence-electron chi connectivity index (χ1n) is 5.80. The van der Waals surface area contributed by atoms with Gasteiger partial charge in [0.05, 0.1) is 16.7 Å². The highest BCUT2D eigenvalue weighted by Crippen LogP contribution is 2.32. The molecule has 2 aromatic rings. The molecule has 0 fully saturated rings. The van der Waals surface area contributed by atoms with E-state index in [1.165, 1.54) is 12.1 Å². The number of para-hydroxylation sites is 1. The first-order valence-corrected chi connectivity index (χ1v) is 6.17. The smallest absolute Gasteiger partial charge is 0.181 e. The van der Waals surface area contributed by atoms with Gasteiger partial charge in [0, 0.05) is 0 Å². The second kappa shape index (κ2) is 5.73. The van der Waals surface area contributed by atoms with Crippen molar-refractivity contribution in [2.75, 3.05) is 0 Å². The fourth-order valence-corrected chi connectivity index (χ4v) is 1.89. The predicted molar refractivity (Wildman–Crippen MR) is 72.0 cm³/mol. The van der Waals surface area contributed by atoms with Gasteiger partial charge in [-0.25, -0.2) is 4.39 Å². The van der Waals surface area contributed by atoms with Crippen LogP contribution in [0.2, 0.25) is 5.02 Å². The van der Waals surface area contributed by atoms with E-state index in [1.54, 1.807) is 24.3 Å². The molecule has 0 spiro atoms. The number of rotatable bonds is 3. The van der Waals surface area contributed by atoms with Crippen LogP contribution in [0, 0.1) is 17.1 Å². The van der Waals surface area contributed by atoms with Crippen molar-refractivity contribution in [2.24, 2.45) is 0 Å². The Morgan fingerprint density at radius 2 is 2.11 bits per heavy atom. The van der Waals surface area contributed by atoms with Gasteiger partial charge in [-0.1, -0.05) is 24.6 Å². The number of halogens is 2. The number of ether oxygens (including phenoxy) is 1. The maximum atomic E-state index is 13.6. The third-order valence-electron chi connectivity index (χ3n) is 2.64. The van der Waals surface area contributed by atoms with Crippen molar-refractivity contribution < 1.29 is 9.13 Å². The Morgan fingerprint density at radius 3 is 2.74 bits per heavy atom. The van der Waals surface area contributed by atoms with Crippen molar-refractivity contribution in [2.45, 2.75) is 13.3 Å². The quantitative estimate of drug-likeness (QED) is 0.813. The lowest BCUT2D eigenvalue weighted by Crippen LogP contribution is -1.92. The summed E-state index contributed by atoms with van der Waals surface area (Å²) >= 11 is 5.90. The molecule has 2 nitrogen and oxygen atoms in total. The minimum atomic E-state index is -0.534. The fourth-order valence-electron chi connectivity index (χ4n) is 1.69. The SMILES string of the molecule is CCc1cc(C#N)cc(Oc2c(F)cccc2Cl)c1. The first kappa shape index (κ1) is 13.4. The second-order valence-electron chi connectivity index (χ2n) is 3.98. The van der Waals surface area contributed by atoms with Crippen molar-refractivity contribution in [1.29, 1.82) is 5.26 Å². The summed E-state index contributed by atoms with van der Waals surface area (Å²) in [6.45, 7) is 1.97. The molecule has 0 radical (unpaired) electrons. The van der Waals surface area contributed by atoms with Crippen molar-refractivity contribution >= 4 is 11.6 Å². The van der Waals surface area contributed by atoms with Crippen LogP contribution in [0.25, 0.3) is 0 Å². The maximum Gasteiger partial charge on any atom is 0.181 e.